The highest BCUT2D eigenvalue weighted by molar-refractivity contribution is 5.92. The minimum Gasteiger partial charge on any atom is -0.287 e. The van der Waals surface area contributed by atoms with Gasteiger partial charge in [0.2, 0.25) is 0 Å². The van der Waals surface area contributed by atoms with E-state index in [0.29, 0.717) is 11.4 Å². The topological polar surface area (TPSA) is 40.0 Å². The summed E-state index contributed by atoms with van der Waals surface area (Å²) in [7, 11) is 0. The molecule has 1 atom stereocenters. The van der Waals surface area contributed by atoms with E-state index < -0.39 is 11.7 Å². The van der Waals surface area contributed by atoms with E-state index in [1.54, 1.807) is 0 Å². The molecule has 5 heteroatoms. The smallest absolute Gasteiger partial charge is 0.287 e. The molecule has 0 aliphatic heterocycles. The maximum absolute atomic E-state index is 12.3. The summed E-state index contributed by atoms with van der Waals surface area (Å²) >= 11 is 0. The Bertz CT molecular complexity index is 393. The monoisotopic (exact) mass is 245 g/mol. The van der Waals surface area contributed by atoms with E-state index in [2.05, 4.69) is 4.99 Å². The molecule has 0 heterocycles. The lowest BCUT2D eigenvalue weighted by Gasteiger charge is -2.06. The number of halogens is 3. The molecule has 0 aliphatic carbocycles. The Morgan fingerprint density at radius 3 is 2.24 bits per heavy atom. The summed E-state index contributed by atoms with van der Waals surface area (Å²) in [6.07, 6.45) is -3.42. The van der Waals surface area contributed by atoms with E-state index in [4.69, 9.17) is 5.73 Å². The number of alkyl halides is 3. The fourth-order valence-corrected chi connectivity index (χ4v) is 1.29. The first-order chi connectivity index (χ1) is 7.84. The molecular formula is C12H16F3N2+. The number of benzene rings is 1. The fourth-order valence-electron chi connectivity index (χ4n) is 1.29. The van der Waals surface area contributed by atoms with E-state index in [1.807, 2.05) is 13.8 Å². The predicted octanol–water partition coefficient (Wildman–Crippen LogP) is 1.29. The minimum absolute atomic E-state index is 0.192. The molecule has 1 aromatic rings. The minimum atomic E-state index is -4.31. The molecule has 0 fully saturated rings. The van der Waals surface area contributed by atoms with E-state index >= 15 is 0 Å². The highest BCUT2D eigenvalue weighted by atomic mass is 19.4. The third kappa shape index (κ3) is 3.76. The van der Waals surface area contributed by atoms with Crippen LogP contribution in [0.1, 0.15) is 31.4 Å². The van der Waals surface area contributed by atoms with Crippen LogP contribution in [-0.2, 0) is 6.18 Å². The fraction of sp³-hybridized carbons (Fsp3) is 0.417. The Kier molecular flexibility index (Phi) is 4.15. The quantitative estimate of drug-likeness (QED) is 0.611. The second-order valence-electron chi connectivity index (χ2n) is 3.94. The van der Waals surface area contributed by atoms with Gasteiger partial charge in [-0.15, -0.1) is 0 Å². The predicted molar refractivity (Wildman–Crippen MR) is 60.5 cm³/mol. The SMILES string of the molecule is CCC(C)[NH+]=C(N)c1ccc(C(F)(F)F)cc1. The lowest BCUT2D eigenvalue weighted by atomic mass is 10.1. The van der Waals surface area contributed by atoms with Crippen molar-refractivity contribution in [1.29, 1.82) is 0 Å². The molecular weight excluding hydrogens is 229 g/mol. The van der Waals surface area contributed by atoms with Gasteiger partial charge in [-0.1, -0.05) is 6.92 Å². The van der Waals surface area contributed by atoms with Gasteiger partial charge in [-0.2, -0.15) is 13.2 Å². The Morgan fingerprint density at radius 1 is 1.29 bits per heavy atom. The Balaban J connectivity index is 2.92. The number of nitrogens with two attached hydrogens (primary N) is 1. The molecule has 0 saturated carbocycles. The Morgan fingerprint density at radius 2 is 1.82 bits per heavy atom. The third-order valence-corrected chi connectivity index (χ3v) is 2.54. The van der Waals surface area contributed by atoms with Crippen LogP contribution in [0.5, 0.6) is 0 Å². The molecule has 0 spiro atoms. The van der Waals surface area contributed by atoms with Crippen LogP contribution in [0, 0.1) is 0 Å². The standard InChI is InChI=1S/C12H15F3N2/c1-3-8(2)17-11(16)9-4-6-10(7-5-9)12(13,14)15/h4-8H,3H2,1-2H3,(H2,16,17)/p+1. The van der Waals surface area contributed by atoms with Gasteiger partial charge in [0.25, 0.3) is 5.84 Å². The zero-order chi connectivity index (χ0) is 13.1. The molecule has 0 bridgehead atoms. The second kappa shape index (κ2) is 5.21. The molecule has 3 N–H and O–H groups in total. The molecule has 0 aromatic heterocycles. The van der Waals surface area contributed by atoms with Crippen LogP contribution in [-0.4, -0.2) is 11.9 Å². The average Bonchev–Trinajstić information content (AvgIpc) is 2.27. The Hall–Kier alpha value is -1.52. The summed E-state index contributed by atoms with van der Waals surface area (Å²) in [5, 5.41) is 0. The highest BCUT2D eigenvalue weighted by Crippen LogP contribution is 2.28. The lowest BCUT2D eigenvalue weighted by molar-refractivity contribution is -0.499. The van der Waals surface area contributed by atoms with Crippen molar-refractivity contribution in [1.82, 2.24) is 0 Å². The van der Waals surface area contributed by atoms with Crippen molar-refractivity contribution in [2.45, 2.75) is 32.5 Å². The van der Waals surface area contributed by atoms with Crippen molar-refractivity contribution >= 4 is 5.84 Å². The molecule has 0 radical (unpaired) electrons. The average molecular weight is 245 g/mol. The van der Waals surface area contributed by atoms with E-state index in [9.17, 15) is 13.2 Å². The molecule has 94 valence electrons. The van der Waals surface area contributed by atoms with Crippen LogP contribution in [0.25, 0.3) is 0 Å². The van der Waals surface area contributed by atoms with Gasteiger partial charge in [-0.3, -0.25) is 10.7 Å². The first-order valence-corrected chi connectivity index (χ1v) is 5.41. The van der Waals surface area contributed by atoms with Crippen LogP contribution in [0.15, 0.2) is 24.3 Å². The third-order valence-electron chi connectivity index (χ3n) is 2.54. The van der Waals surface area contributed by atoms with Crippen molar-refractivity contribution in [2.24, 2.45) is 5.73 Å². The van der Waals surface area contributed by atoms with Crippen LogP contribution in [0.3, 0.4) is 0 Å². The van der Waals surface area contributed by atoms with Crippen LogP contribution >= 0.6 is 0 Å². The van der Waals surface area contributed by atoms with Crippen molar-refractivity contribution < 1.29 is 18.2 Å². The first kappa shape index (κ1) is 13.5. The van der Waals surface area contributed by atoms with Gasteiger partial charge < -0.3 is 0 Å². The molecule has 0 amide bonds. The Labute approximate surface area is 98.4 Å². The maximum atomic E-state index is 12.3. The van der Waals surface area contributed by atoms with Crippen LogP contribution < -0.4 is 10.7 Å². The molecule has 0 saturated heterocycles. The molecule has 17 heavy (non-hydrogen) atoms. The number of nitrogens with one attached hydrogen (secondary N) is 1. The summed E-state index contributed by atoms with van der Waals surface area (Å²) in [6, 6.07) is 4.99. The highest BCUT2D eigenvalue weighted by Gasteiger charge is 2.30. The first-order valence-electron chi connectivity index (χ1n) is 5.41. The van der Waals surface area contributed by atoms with Crippen molar-refractivity contribution in [2.75, 3.05) is 0 Å². The maximum Gasteiger partial charge on any atom is 0.416 e. The van der Waals surface area contributed by atoms with E-state index in [-0.39, 0.29) is 6.04 Å². The van der Waals surface area contributed by atoms with Crippen molar-refractivity contribution in [3.63, 3.8) is 0 Å². The summed E-state index contributed by atoms with van der Waals surface area (Å²) in [5.41, 5.74) is 5.65. The van der Waals surface area contributed by atoms with Crippen LogP contribution in [0.2, 0.25) is 0 Å². The number of hydrogen-bond donors (Lipinski definition) is 2. The van der Waals surface area contributed by atoms with Gasteiger partial charge in [-0.25, -0.2) is 0 Å². The van der Waals surface area contributed by atoms with Crippen LogP contribution in [0.4, 0.5) is 13.2 Å². The van der Waals surface area contributed by atoms with E-state index in [0.717, 1.165) is 18.6 Å². The van der Waals surface area contributed by atoms with Gasteiger partial charge in [0, 0.05) is 0 Å². The number of rotatable bonds is 3. The number of nitrogen functional groups attached to an aromatic ring is 1. The zero-order valence-electron chi connectivity index (χ0n) is 9.81. The normalized spacial score (nSPS) is 14.8. The number of hydrogen-bond acceptors (Lipinski definition) is 0. The van der Waals surface area contributed by atoms with Gasteiger partial charge in [0.15, 0.2) is 0 Å². The van der Waals surface area contributed by atoms with Gasteiger partial charge in [0.05, 0.1) is 17.2 Å². The van der Waals surface area contributed by atoms with E-state index in [1.165, 1.54) is 12.1 Å². The summed E-state index contributed by atoms with van der Waals surface area (Å²) in [6.45, 7) is 3.95. The number of amidine groups is 1. The van der Waals surface area contributed by atoms with Crippen molar-refractivity contribution in [3.05, 3.63) is 35.4 Å². The van der Waals surface area contributed by atoms with Gasteiger partial charge >= 0.3 is 6.18 Å². The molecule has 1 aromatic carbocycles. The van der Waals surface area contributed by atoms with Gasteiger partial charge in [-0.05, 0) is 37.6 Å². The van der Waals surface area contributed by atoms with Gasteiger partial charge in [0.1, 0.15) is 0 Å². The second-order valence-corrected chi connectivity index (χ2v) is 3.94. The largest absolute Gasteiger partial charge is 0.416 e. The zero-order valence-corrected chi connectivity index (χ0v) is 9.81. The molecule has 1 rings (SSSR count). The lowest BCUT2D eigenvalue weighted by Crippen LogP contribution is -2.80. The van der Waals surface area contributed by atoms with Crippen molar-refractivity contribution in [3.8, 4) is 0 Å². The summed E-state index contributed by atoms with van der Waals surface area (Å²) in [4.78, 5) is 3.02. The summed E-state index contributed by atoms with van der Waals surface area (Å²) < 4.78 is 37.0. The molecule has 1 unspecified atom stereocenters. The summed E-state index contributed by atoms with van der Waals surface area (Å²) in [5.74, 6) is 0.396. The molecule has 2 nitrogen and oxygen atoms in total. The molecule has 0 aliphatic rings.